The minimum absolute atomic E-state index is 0. The standard InChI is InChI=1S/C13H20Cl2N2O2S.ClH/c1-3-13(16,4-2)9-17-20(18,19)8-10-11(14)6-5-7-12(10)15;/h5-7,17H,3-4,8-9,16H2,1-2H3;1H. The van der Waals surface area contributed by atoms with Crippen molar-refractivity contribution >= 4 is 45.6 Å². The molecule has 0 saturated heterocycles. The fourth-order valence-electron chi connectivity index (χ4n) is 1.66. The van der Waals surface area contributed by atoms with Crippen LogP contribution in [0.3, 0.4) is 0 Å². The van der Waals surface area contributed by atoms with E-state index < -0.39 is 15.6 Å². The third kappa shape index (κ3) is 6.30. The van der Waals surface area contributed by atoms with E-state index in [0.29, 0.717) is 28.5 Å². The largest absolute Gasteiger partial charge is 0.324 e. The lowest BCUT2D eigenvalue weighted by molar-refractivity contribution is 0.391. The summed E-state index contributed by atoms with van der Waals surface area (Å²) in [6.07, 6.45) is 1.39. The highest BCUT2D eigenvalue weighted by molar-refractivity contribution is 7.88. The van der Waals surface area contributed by atoms with Gasteiger partial charge in [-0.3, -0.25) is 0 Å². The Morgan fingerprint density at radius 2 is 1.67 bits per heavy atom. The minimum atomic E-state index is -3.53. The summed E-state index contributed by atoms with van der Waals surface area (Å²) in [5.74, 6) is -0.255. The van der Waals surface area contributed by atoms with Crippen LogP contribution in [0.5, 0.6) is 0 Å². The van der Waals surface area contributed by atoms with Gasteiger partial charge in [-0.2, -0.15) is 0 Å². The van der Waals surface area contributed by atoms with Gasteiger partial charge in [-0.1, -0.05) is 43.1 Å². The molecule has 0 heterocycles. The molecule has 4 nitrogen and oxygen atoms in total. The molecule has 0 amide bonds. The second-order valence-corrected chi connectivity index (χ2v) is 7.47. The average Bonchev–Trinajstić information content (AvgIpc) is 2.41. The molecule has 0 atom stereocenters. The first kappa shape index (κ1) is 21.0. The molecule has 0 aliphatic heterocycles. The minimum Gasteiger partial charge on any atom is -0.324 e. The van der Waals surface area contributed by atoms with Crippen LogP contribution in [0.2, 0.25) is 10.0 Å². The lowest BCUT2D eigenvalue weighted by Crippen LogP contribution is -2.49. The Labute approximate surface area is 142 Å². The van der Waals surface area contributed by atoms with E-state index in [0.717, 1.165) is 0 Å². The average molecular weight is 376 g/mol. The molecule has 1 rings (SSSR count). The van der Waals surface area contributed by atoms with Crippen LogP contribution in [-0.4, -0.2) is 20.5 Å². The van der Waals surface area contributed by atoms with Gasteiger partial charge in [0.25, 0.3) is 0 Å². The zero-order chi connectivity index (χ0) is 15.4. The van der Waals surface area contributed by atoms with Gasteiger partial charge in [-0.15, -0.1) is 12.4 Å². The van der Waals surface area contributed by atoms with Crippen LogP contribution < -0.4 is 10.5 Å². The molecule has 0 fully saturated rings. The van der Waals surface area contributed by atoms with Crippen molar-refractivity contribution in [3.05, 3.63) is 33.8 Å². The Kier molecular flexibility index (Phi) is 8.54. The molecule has 1 aromatic carbocycles. The Morgan fingerprint density at radius 3 is 2.10 bits per heavy atom. The van der Waals surface area contributed by atoms with E-state index in [1.807, 2.05) is 13.8 Å². The first-order valence-corrected chi connectivity index (χ1v) is 8.83. The van der Waals surface area contributed by atoms with Crippen molar-refractivity contribution < 1.29 is 8.42 Å². The molecular weight excluding hydrogens is 355 g/mol. The monoisotopic (exact) mass is 374 g/mol. The third-order valence-corrected chi connectivity index (χ3v) is 5.41. The summed E-state index contributed by atoms with van der Waals surface area (Å²) in [5, 5.41) is 0.681. The molecule has 0 radical (unpaired) electrons. The van der Waals surface area contributed by atoms with E-state index in [2.05, 4.69) is 4.72 Å². The van der Waals surface area contributed by atoms with E-state index in [9.17, 15) is 8.42 Å². The number of hydrogen-bond acceptors (Lipinski definition) is 3. The van der Waals surface area contributed by atoms with Gasteiger partial charge in [-0.05, 0) is 25.0 Å². The van der Waals surface area contributed by atoms with E-state index in [-0.39, 0.29) is 24.7 Å². The second kappa shape index (κ2) is 8.56. The topological polar surface area (TPSA) is 72.2 Å². The van der Waals surface area contributed by atoms with Gasteiger partial charge in [0.15, 0.2) is 0 Å². The molecule has 0 aliphatic rings. The van der Waals surface area contributed by atoms with Gasteiger partial charge < -0.3 is 5.73 Å². The van der Waals surface area contributed by atoms with Crippen LogP contribution in [0.15, 0.2) is 18.2 Å². The zero-order valence-electron chi connectivity index (χ0n) is 12.0. The fraction of sp³-hybridized carbons (Fsp3) is 0.538. The smallest absolute Gasteiger partial charge is 0.215 e. The summed E-state index contributed by atoms with van der Waals surface area (Å²) in [6, 6.07) is 4.90. The van der Waals surface area contributed by atoms with E-state index in [1.165, 1.54) is 0 Å². The van der Waals surface area contributed by atoms with Gasteiger partial charge in [-0.25, -0.2) is 13.1 Å². The van der Waals surface area contributed by atoms with Gasteiger partial charge in [0, 0.05) is 27.7 Å². The highest BCUT2D eigenvalue weighted by atomic mass is 35.5. The predicted octanol–water partition coefficient (Wildman–Crippen LogP) is 3.35. The lowest BCUT2D eigenvalue weighted by atomic mass is 9.95. The van der Waals surface area contributed by atoms with E-state index in [4.69, 9.17) is 28.9 Å². The molecule has 122 valence electrons. The number of nitrogens with two attached hydrogens (primary N) is 1. The first-order valence-electron chi connectivity index (χ1n) is 6.42. The van der Waals surface area contributed by atoms with Crippen LogP contribution in [0, 0.1) is 0 Å². The molecule has 0 spiro atoms. The molecule has 0 saturated carbocycles. The number of sulfonamides is 1. The Hall–Kier alpha value is -0.0400. The van der Waals surface area contributed by atoms with Gasteiger partial charge >= 0.3 is 0 Å². The van der Waals surface area contributed by atoms with Gasteiger partial charge in [0.1, 0.15) is 0 Å². The summed E-state index contributed by atoms with van der Waals surface area (Å²) in [5.41, 5.74) is 5.95. The Balaban J connectivity index is 0.00000400. The molecule has 3 N–H and O–H groups in total. The second-order valence-electron chi connectivity index (χ2n) is 4.85. The summed E-state index contributed by atoms with van der Waals surface area (Å²) < 4.78 is 26.7. The van der Waals surface area contributed by atoms with Gasteiger partial charge in [0.05, 0.1) is 5.75 Å². The summed E-state index contributed by atoms with van der Waals surface area (Å²) >= 11 is 12.0. The van der Waals surface area contributed by atoms with Crippen LogP contribution in [0.1, 0.15) is 32.3 Å². The molecule has 8 heteroatoms. The maximum absolute atomic E-state index is 12.1. The molecule has 0 bridgehead atoms. The third-order valence-electron chi connectivity index (χ3n) is 3.45. The van der Waals surface area contributed by atoms with Crippen molar-refractivity contribution in [2.75, 3.05) is 6.54 Å². The number of nitrogens with one attached hydrogen (secondary N) is 1. The highest BCUT2D eigenvalue weighted by Gasteiger charge is 2.24. The molecule has 1 aromatic rings. The predicted molar refractivity (Wildman–Crippen MR) is 91.8 cm³/mol. The number of hydrogen-bond donors (Lipinski definition) is 2. The van der Waals surface area contributed by atoms with E-state index in [1.54, 1.807) is 18.2 Å². The molecule has 0 aromatic heterocycles. The number of benzene rings is 1. The van der Waals surface area contributed by atoms with Crippen molar-refractivity contribution in [2.24, 2.45) is 5.73 Å². The normalized spacial score (nSPS) is 12.0. The van der Waals surface area contributed by atoms with Crippen molar-refractivity contribution in [3.63, 3.8) is 0 Å². The van der Waals surface area contributed by atoms with Crippen molar-refractivity contribution in [1.29, 1.82) is 0 Å². The number of rotatable bonds is 7. The molecule has 0 aliphatic carbocycles. The zero-order valence-corrected chi connectivity index (χ0v) is 15.2. The van der Waals surface area contributed by atoms with Gasteiger partial charge in [0.2, 0.25) is 10.0 Å². The van der Waals surface area contributed by atoms with Crippen LogP contribution in [0.25, 0.3) is 0 Å². The van der Waals surface area contributed by atoms with E-state index >= 15 is 0 Å². The van der Waals surface area contributed by atoms with Crippen molar-refractivity contribution in [1.82, 2.24) is 4.72 Å². The Bertz CT molecular complexity index is 540. The first-order chi connectivity index (χ1) is 9.23. The number of halogens is 3. The highest BCUT2D eigenvalue weighted by Crippen LogP contribution is 2.26. The summed E-state index contributed by atoms with van der Waals surface area (Å²) in [6.45, 7) is 4.07. The molecule has 21 heavy (non-hydrogen) atoms. The lowest BCUT2D eigenvalue weighted by Gasteiger charge is -2.26. The van der Waals surface area contributed by atoms with Crippen molar-refractivity contribution in [2.45, 2.75) is 38.0 Å². The quantitative estimate of drug-likeness (QED) is 0.767. The Morgan fingerprint density at radius 1 is 1.19 bits per heavy atom. The van der Waals surface area contributed by atoms with Crippen LogP contribution in [-0.2, 0) is 15.8 Å². The summed E-state index contributed by atoms with van der Waals surface area (Å²) in [4.78, 5) is 0. The SMILES string of the molecule is CCC(N)(CC)CNS(=O)(=O)Cc1c(Cl)cccc1Cl.Cl. The van der Waals surface area contributed by atoms with Crippen molar-refractivity contribution in [3.8, 4) is 0 Å². The maximum Gasteiger partial charge on any atom is 0.215 e. The summed E-state index contributed by atoms with van der Waals surface area (Å²) in [7, 11) is -3.53. The van der Waals surface area contributed by atoms with Crippen LogP contribution >= 0.6 is 35.6 Å². The maximum atomic E-state index is 12.1. The van der Waals surface area contributed by atoms with Crippen LogP contribution in [0.4, 0.5) is 0 Å². The fourth-order valence-corrected chi connectivity index (χ4v) is 3.65. The molecular formula is C13H21Cl3N2O2S. The molecule has 0 unspecified atom stereocenters.